The molecule has 0 radical (unpaired) electrons. The molecule has 0 fully saturated rings. The molecule has 0 saturated heterocycles. The van der Waals surface area contributed by atoms with Gasteiger partial charge in [-0.1, -0.05) is 53.7 Å². The summed E-state index contributed by atoms with van der Waals surface area (Å²) < 4.78 is 33.3. The van der Waals surface area contributed by atoms with Crippen LogP contribution in [0.2, 0.25) is 0 Å². The Morgan fingerprint density at radius 2 is 1.53 bits per heavy atom. The van der Waals surface area contributed by atoms with Gasteiger partial charge in [-0.05, 0) is 49.2 Å². The number of hydrogen-bond donors (Lipinski definition) is 2. The van der Waals surface area contributed by atoms with Gasteiger partial charge in [0, 0.05) is 17.3 Å². The van der Waals surface area contributed by atoms with Crippen LogP contribution >= 0.6 is 0 Å². The van der Waals surface area contributed by atoms with Gasteiger partial charge >= 0.3 is 0 Å². The molecule has 32 heavy (non-hydrogen) atoms. The molecular weight excluding hydrogens is 426 g/mol. The van der Waals surface area contributed by atoms with Crippen molar-refractivity contribution in [3.63, 3.8) is 0 Å². The monoisotopic (exact) mass is 447 g/mol. The Hall–Kier alpha value is -3.91. The molecule has 0 atom stereocenters. The highest BCUT2D eigenvalue weighted by atomic mass is 32.2. The van der Waals surface area contributed by atoms with Crippen molar-refractivity contribution < 1.29 is 17.7 Å². The third kappa shape index (κ3) is 4.55. The number of nitrogens with one attached hydrogen (secondary N) is 2. The second kappa shape index (κ2) is 8.68. The summed E-state index contributed by atoms with van der Waals surface area (Å²) in [7, 11) is -3.77. The van der Waals surface area contributed by atoms with E-state index in [2.05, 4.69) is 15.2 Å². The van der Waals surface area contributed by atoms with E-state index in [1.54, 1.807) is 6.07 Å². The zero-order valence-corrected chi connectivity index (χ0v) is 18.3. The molecular formula is C24H21N3O4S. The predicted molar refractivity (Wildman–Crippen MR) is 123 cm³/mol. The first-order chi connectivity index (χ1) is 15.3. The van der Waals surface area contributed by atoms with Gasteiger partial charge in [0.15, 0.2) is 0 Å². The number of nitrogens with zero attached hydrogens (tertiary/aromatic N) is 1. The molecule has 7 nitrogen and oxygen atoms in total. The number of benzene rings is 3. The topological polar surface area (TPSA) is 101 Å². The van der Waals surface area contributed by atoms with E-state index >= 15 is 0 Å². The lowest BCUT2D eigenvalue weighted by molar-refractivity contribution is 0.0988. The van der Waals surface area contributed by atoms with Crippen LogP contribution in [0.1, 0.15) is 21.7 Å². The minimum absolute atomic E-state index is 0.0530. The van der Waals surface area contributed by atoms with Crippen molar-refractivity contribution in [1.29, 1.82) is 0 Å². The second-order valence-corrected chi connectivity index (χ2v) is 8.98. The van der Waals surface area contributed by atoms with Crippen LogP contribution in [0.5, 0.6) is 0 Å². The number of rotatable bonds is 6. The van der Waals surface area contributed by atoms with Crippen LogP contribution in [0.25, 0.3) is 11.3 Å². The molecule has 4 rings (SSSR count). The van der Waals surface area contributed by atoms with Gasteiger partial charge < -0.3 is 9.84 Å². The van der Waals surface area contributed by atoms with Crippen LogP contribution in [0.15, 0.2) is 88.3 Å². The summed E-state index contributed by atoms with van der Waals surface area (Å²) in [4.78, 5) is 12.6. The Labute approximate surface area is 186 Å². The number of aryl methyl sites for hydroxylation is 2. The van der Waals surface area contributed by atoms with Crippen LogP contribution in [0.3, 0.4) is 0 Å². The van der Waals surface area contributed by atoms with Crippen molar-refractivity contribution in [1.82, 2.24) is 5.16 Å². The second-order valence-electron chi connectivity index (χ2n) is 7.29. The van der Waals surface area contributed by atoms with E-state index in [1.807, 2.05) is 62.4 Å². The molecule has 0 saturated carbocycles. The van der Waals surface area contributed by atoms with Crippen LogP contribution in [0, 0.1) is 13.8 Å². The van der Waals surface area contributed by atoms with E-state index < -0.39 is 15.9 Å². The molecule has 1 amide bonds. The van der Waals surface area contributed by atoms with Gasteiger partial charge in [0.1, 0.15) is 5.69 Å². The average molecular weight is 448 g/mol. The van der Waals surface area contributed by atoms with Gasteiger partial charge in [-0.3, -0.25) is 9.52 Å². The van der Waals surface area contributed by atoms with Gasteiger partial charge in [0.05, 0.1) is 10.6 Å². The molecule has 0 bridgehead atoms. The third-order valence-corrected chi connectivity index (χ3v) is 6.31. The molecule has 0 spiro atoms. The molecule has 1 aromatic heterocycles. The first kappa shape index (κ1) is 21.3. The fourth-order valence-corrected chi connectivity index (χ4v) is 4.41. The minimum Gasteiger partial charge on any atom is -0.350 e. The maximum Gasteiger partial charge on any atom is 0.294 e. The first-order valence-electron chi connectivity index (χ1n) is 9.86. The van der Waals surface area contributed by atoms with Gasteiger partial charge in [-0.25, -0.2) is 8.42 Å². The van der Waals surface area contributed by atoms with Gasteiger partial charge in [-0.15, -0.1) is 0 Å². The number of carbonyl (C=O) groups excluding carboxylic acids is 1. The van der Waals surface area contributed by atoms with Gasteiger partial charge in [0.25, 0.3) is 15.9 Å². The van der Waals surface area contributed by atoms with Crippen LogP contribution < -0.4 is 10.0 Å². The molecule has 3 aromatic carbocycles. The number of para-hydroxylation sites is 1. The quantitative estimate of drug-likeness (QED) is 0.433. The number of carbonyl (C=O) groups is 1. The number of aromatic nitrogens is 1. The van der Waals surface area contributed by atoms with Crippen molar-refractivity contribution in [2.45, 2.75) is 18.7 Å². The Kier molecular flexibility index (Phi) is 5.79. The highest BCUT2D eigenvalue weighted by molar-refractivity contribution is 7.92. The van der Waals surface area contributed by atoms with Crippen LogP contribution in [-0.2, 0) is 10.0 Å². The molecule has 1 heterocycles. The Morgan fingerprint density at radius 1 is 0.875 bits per heavy atom. The summed E-state index contributed by atoms with van der Waals surface area (Å²) in [6.07, 6.45) is 0. The molecule has 4 aromatic rings. The number of sulfonamides is 1. The fourth-order valence-electron chi connectivity index (χ4n) is 3.21. The van der Waals surface area contributed by atoms with Gasteiger partial charge in [0.2, 0.25) is 5.76 Å². The third-order valence-electron chi connectivity index (χ3n) is 4.94. The van der Waals surface area contributed by atoms with Crippen molar-refractivity contribution in [3.05, 3.63) is 95.7 Å². The lowest BCUT2D eigenvalue weighted by Crippen LogP contribution is -2.15. The molecule has 162 valence electrons. The minimum atomic E-state index is -3.77. The molecule has 0 unspecified atom stereocenters. The fraction of sp³-hybridized carbons (Fsp3) is 0.0833. The van der Waals surface area contributed by atoms with E-state index in [9.17, 15) is 13.2 Å². The Bertz CT molecular complexity index is 1340. The molecule has 2 N–H and O–H groups in total. The molecule has 0 aliphatic heterocycles. The van der Waals surface area contributed by atoms with Crippen molar-refractivity contribution in [3.8, 4) is 11.3 Å². The zero-order valence-electron chi connectivity index (χ0n) is 17.5. The standard InChI is InChI=1S/C24H21N3O4S/c1-16-7-6-8-17(2)23(16)27-32(29,30)20-13-11-19(12-14-20)25-24(28)22-15-21(26-31-22)18-9-4-3-5-10-18/h3-15,27H,1-2H3,(H,25,28). The molecule has 0 aliphatic carbocycles. The van der Waals surface area contributed by atoms with E-state index in [4.69, 9.17) is 4.52 Å². The maximum atomic E-state index is 12.8. The summed E-state index contributed by atoms with van der Waals surface area (Å²) in [6.45, 7) is 3.69. The predicted octanol–water partition coefficient (Wildman–Crippen LogP) is 5.01. The summed E-state index contributed by atoms with van der Waals surface area (Å²) in [5.74, 6) is -0.429. The zero-order chi connectivity index (χ0) is 22.7. The van der Waals surface area contributed by atoms with E-state index in [-0.39, 0.29) is 10.7 Å². The van der Waals surface area contributed by atoms with E-state index in [0.29, 0.717) is 17.1 Å². The van der Waals surface area contributed by atoms with Crippen molar-refractivity contribution in [2.75, 3.05) is 10.0 Å². The van der Waals surface area contributed by atoms with Crippen molar-refractivity contribution >= 4 is 27.3 Å². The normalized spacial score (nSPS) is 11.2. The lowest BCUT2D eigenvalue weighted by Gasteiger charge is -2.13. The molecule has 8 heteroatoms. The number of amides is 1. The lowest BCUT2D eigenvalue weighted by atomic mass is 10.1. The number of hydrogen-bond acceptors (Lipinski definition) is 5. The maximum absolute atomic E-state index is 12.8. The van der Waals surface area contributed by atoms with Crippen molar-refractivity contribution in [2.24, 2.45) is 0 Å². The summed E-state index contributed by atoms with van der Waals surface area (Å²) in [5.41, 5.74) is 4.04. The Morgan fingerprint density at radius 3 is 2.19 bits per heavy atom. The first-order valence-corrected chi connectivity index (χ1v) is 11.3. The van der Waals surface area contributed by atoms with Gasteiger partial charge in [-0.2, -0.15) is 0 Å². The highest BCUT2D eigenvalue weighted by Gasteiger charge is 2.18. The Balaban J connectivity index is 1.47. The summed E-state index contributed by atoms with van der Waals surface area (Å²) in [6, 6.07) is 22.4. The summed E-state index contributed by atoms with van der Waals surface area (Å²) >= 11 is 0. The molecule has 0 aliphatic rings. The number of anilines is 2. The largest absolute Gasteiger partial charge is 0.350 e. The van der Waals surface area contributed by atoms with Crippen LogP contribution in [-0.4, -0.2) is 19.5 Å². The SMILES string of the molecule is Cc1cccc(C)c1NS(=O)(=O)c1ccc(NC(=O)c2cc(-c3ccccc3)no2)cc1. The summed E-state index contributed by atoms with van der Waals surface area (Å²) in [5, 5.41) is 6.61. The van der Waals surface area contributed by atoms with E-state index in [0.717, 1.165) is 16.7 Å². The average Bonchev–Trinajstić information content (AvgIpc) is 3.28. The smallest absolute Gasteiger partial charge is 0.294 e. The van der Waals surface area contributed by atoms with E-state index in [1.165, 1.54) is 24.3 Å². The van der Waals surface area contributed by atoms with Crippen LogP contribution in [0.4, 0.5) is 11.4 Å². The highest BCUT2D eigenvalue weighted by Crippen LogP contribution is 2.24.